The topological polar surface area (TPSA) is 158 Å². The zero-order valence-corrected chi connectivity index (χ0v) is 22.4. The van der Waals surface area contributed by atoms with Gasteiger partial charge in [0.2, 0.25) is 5.95 Å². The maximum absolute atomic E-state index is 13.5. The highest BCUT2D eigenvalue weighted by atomic mass is 79.9. The summed E-state index contributed by atoms with van der Waals surface area (Å²) in [6.45, 7) is 1.42. The number of fused-ring (bicyclic) bond motifs is 1. The number of anilines is 2. The molecular weight excluding hydrogens is 553 g/mol. The number of nitrogens with two attached hydrogens (primary N) is 1. The molecule has 2 aromatic heterocycles. The smallest absolute Gasteiger partial charge is 0.459 e. The highest BCUT2D eigenvalue weighted by molar-refractivity contribution is 9.10. The van der Waals surface area contributed by atoms with E-state index in [0.29, 0.717) is 23.4 Å². The SMILES string of the molecule is C[C@H](NP(=O)(OC[C@@H]1C=C[C@H](n2cnc3c(N(C)C)nc(N)nc32)C1)Oc1ccc(Br)cc1)C(=O)O. The highest BCUT2D eigenvalue weighted by Gasteiger charge is 2.33. The van der Waals surface area contributed by atoms with Crippen LogP contribution in [0.1, 0.15) is 19.4 Å². The lowest BCUT2D eigenvalue weighted by Crippen LogP contribution is -2.33. The lowest BCUT2D eigenvalue weighted by atomic mass is 10.1. The second-order valence-electron chi connectivity index (χ2n) is 8.60. The molecule has 0 bridgehead atoms. The third-order valence-electron chi connectivity index (χ3n) is 5.57. The van der Waals surface area contributed by atoms with E-state index >= 15 is 0 Å². The Morgan fingerprint density at radius 1 is 1.33 bits per heavy atom. The quantitative estimate of drug-likeness (QED) is 0.238. The van der Waals surface area contributed by atoms with E-state index in [1.165, 1.54) is 6.92 Å². The molecule has 1 aromatic carbocycles. The molecule has 1 aliphatic rings. The number of hydrogen-bond acceptors (Lipinski definition) is 9. The Bertz CT molecular complexity index is 1330. The first-order valence-corrected chi connectivity index (χ1v) is 13.4. The molecule has 0 amide bonds. The van der Waals surface area contributed by atoms with Crippen LogP contribution in [0.2, 0.25) is 0 Å². The molecule has 0 spiro atoms. The number of nitrogen functional groups attached to an aromatic ring is 1. The molecule has 12 nitrogen and oxygen atoms in total. The third kappa shape index (κ3) is 5.86. The summed E-state index contributed by atoms with van der Waals surface area (Å²) in [7, 11) is -0.288. The fraction of sp³-hybridized carbons (Fsp3) is 0.364. The summed E-state index contributed by atoms with van der Waals surface area (Å²) in [5.41, 5.74) is 7.18. The van der Waals surface area contributed by atoms with Gasteiger partial charge in [-0.15, -0.1) is 0 Å². The minimum atomic E-state index is -4.00. The minimum absolute atomic E-state index is 0.0485. The number of hydrogen-bond donors (Lipinski definition) is 3. The molecule has 4 N–H and O–H groups in total. The lowest BCUT2D eigenvalue weighted by Gasteiger charge is -2.23. The first kappa shape index (κ1) is 26.1. The number of imidazole rings is 1. The Morgan fingerprint density at radius 3 is 2.72 bits per heavy atom. The van der Waals surface area contributed by atoms with Crippen molar-refractivity contribution in [2.75, 3.05) is 31.3 Å². The number of carboxylic acids is 1. The van der Waals surface area contributed by atoms with Gasteiger partial charge in [0.25, 0.3) is 0 Å². The van der Waals surface area contributed by atoms with Gasteiger partial charge in [-0.3, -0.25) is 9.32 Å². The molecule has 0 fully saturated rings. The maximum Gasteiger partial charge on any atom is 0.459 e. The average molecular weight is 580 g/mol. The van der Waals surface area contributed by atoms with Crippen molar-refractivity contribution in [3.05, 3.63) is 47.2 Å². The number of allylic oxidation sites excluding steroid dienone is 1. The molecule has 1 aliphatic carbocycles. The Balaban J connectivity index is 1.47. The van der Waals surface area contributed by atoms with Gasteiger partial charge in [0.05, 0.1) is 19.0 Å². The molecule has 0 saturated carbocycles. The lowest BCUT2D eigenvalue weighted by molar-refractivity contribution is -0.138. The van der Waals surface area contributed by atoms with Gasteiger partial charge in [0.1, 0.15) is 11.8 Å². The van der Waals surface area contributed by atoms with E-state index in [9.17, 15) is 14.5 Å². The van der Waals surface area contributed by atoms with Crippen LogP contribution in [-0.4, -0.2) is 57.3 Å². The molecule has 192 valence electrons. The van der Waals surface area contributed by atoms with Crippen LogP contribution in [0.5, 0.6) is 5.75 Å². The van der Waals surface area contributed by atoms with E-state index in [2.05, 4.69) is 36.0 Å². The number of nitrogens with zero attached hydrogens (tertiary/aromatic N) is 5. The summed E-state index contributed by atoms with van der Waals surface area (Å²) in [4.78, 5) is 26.3. The number of aliphatic carboxylic acids is 1. The van der Waals surface area contributed by atoms with Crippen molar-refractivity contribution in [2.24, 2.45) is 5.92 Å². The zero-order valence-electron chi connectivity index (χ0n) is 19.9. The van der Waals surface area contributed by atoms with Gasteiger partial charge in [-0.25, -0.2) is 9.55 Å². The summed E-state index contributed by atoms with van der Waals surface area (Å²) in [6, 6.07) is 5.43. The van der Waals surface area contributed by atoms with E-state index in [-0.39, 0.29) is 30.3 Å². The molecule has 0 radical (unpaired) electrons. The second kappa shape index (κ2) is 10.6. The minimum Gasteiger partial charge on any atom is -0.480 e. The molecule has 14 heteroatoms. The number of nitrogens with one attached hydrogen (secondary N) is 1. The normalized spacial score (nSPS) is 19.8. The Kier molecular flexibility index (Phi) is 7.65. The fourth-order valence-electron chi connectivity index (χ4n) is 3.77. The predicted molar refractivity (Wildman–Crippen MR) is 139 cm³/mol. The van der Waals surface area contributed by atoms with Crippen molar-refractivity contribution >= 4 is 52.6 Å². The number of aromatic nitrogens is 4. The maximum atomic E-state index is 13.5. The first-order valence-electron chi connectivity index (χ1n) is 11.1. The Labute approximate surface area is 216 Å². The second-order valence-corrected chi connectivity index (χ2v) is 11.2. The highest BCUT2D eigenvalue weighted by Crippen LogP contribution is 2.46. The summed E-state index contributed by atoms with van der Waals surface area (Å²) in [5, 5.41) is 11.8. The summed E-state index contributed by atoms with van der Waals surface area (Å²) < 4.78 is 27.5. The van der Waals surface area contributed by atoms with Crippen LogP contribution < -0.4 is 20.2 Å². The molecule has 4 atom stereocenters. The third-order valence-corrected chi connectivity index (χ3v) is 7.74. The summed E-state index contributed by atoms with van der Waals surface area (Å²) in [6.07, 6.45) is 6.27. The van der Waals surface area contributed by atoms with Crippen LogP contribution in [0, 0.1) is 5.92 Å². The largest absolute Gasteiger partial charge is 0.480 e. The van der Waals surface area contributed by atoms with Gasteiger partial charge >= 0.3 is 13.7 Å². The predicted octanol–water partition coefficient (Wildman–Crippen LogP) is 3.62. The summed E-state index contributed by atoms with van der Waals surface area (Å²) in [5.74, 6) is -0.222. The zero-order chi connectivity index (χ0) is 26.0. The number of benzene rings is 1. The van der Waals surface area contributed by atoms with Gasteiger partial charge in [-0.05, 0) is 37.6 Å². The van der Waals surface area contributed by atoms with Crippen LogP contribution in [0.25, 0.3) is 11.2 Å². The number of carboxylic acid groups (broad SMARTS) is 1. The van der Waals surface area contributed by atoms with Crippen molar-refractivity contribution in [3.63, 3.8) is 0 Å². The summed E-state index contributed by atoms with van der Waals surface area (Å²) >= 11 is 3.33. The number of carbonyl (C=O) groups is 1. The monoisotopic (exact) mass is 579 g/mol. The molecule has 3 aromatic rings. The van der Waals surface area contributed by atoms with Crippen LogP contribution in [-0.2, 0) is 13.9 Å². The van der Waals surface area contributed by atoms with E-state index < -0.39 is 19.8 Å². The van der Waals surface area contributed by atoms with Crippen LogP contribution in [0.4, 0.5) is 11.8 Å². The number of halogens is 1. The molecular formula is C22H27BrN7O5P. The molecule has 4 rings (SSSR count). The molecule has 0 aliphatic heterocycles. The Hall–Kier alpha value is -2.99. The standard InChI is InChI=1S/C22H27BrN7O5P/c1-13(21(31)32)28-36(33,35-17-8-5-15(23)6-9-17)34-11-14-4-7-16(10-14)30-12-25-18-19(29(2)3)26-22(24)27-20(18)30/h4-9,12-14,16H,10-11H2,1-3H3,(H,28,33)(H,31,32)(H2,24,26,27)/t13-,14+,16-,36?/m0/s1. The van der Waals surface area contributed by atoms with Gasteiger partial charge in [0, 0.05) is 24.5 Å². The van der Waals surface area contributed by atoms with Crippen molar-refractivity contribution in [3.8, 4) is 5.75 Å². The van der Waals surface area contributed by atoms with Crippen molar-refractivity contribution < 1.29 is 23.5 Å². The fourth-order valence-corrected chi connectivity index (χ4v) is 5.58. The van der Waals surface area contributed by atoms with Gasteiger partial charge in [0.15, 0.2) is 17.0 Å². The molecule has 2 heterocycles. The van der Waals surface area contributed by atoms with Crippen LogP contribution in [0.3, 0.4) is 0 Å². The van der Waals surface area contributed by atoms with E-state index in [1.807, 2.05) is 35.7 Å². The van der Waals surface area contributed by atoms with Gasteiger partial charge in [-0.1, -0.05) is 28.1 Å². The van der Waals surface area contributed by atoms with E-state index in [0.717, 1.165) is 4.47 Å². The van der Waals surface area contributed by atoms with Crippen molar-refractivity contribution in [1.29, 1.82) is 0 Å². The van der Waals surface area contributed by atoms with Gasteiger partial charge in [-0.2, -0.15) is 15.1 Å². The van der Waals surface area contributed by atoms with E-state index in [4.69, 9.17) is 14.8 Å². The molecule has 36 heavy (non-hydrogen) atoms. The molecule has 0 saturated heterocycles. The van der Waals surface area contributed by atoms with Gasteiger partial charge < -0.3 is 24.8 Å². The average Bonchev–Trinajstić information content (AvgIpc) is 3.45. The Morgan fingerprint density at radius 2 is 2.06 bits per heavy atom. The van der Waals surface area contributed by atoms with Crippen LogP contribution in [0.15, 0.2) is 47.2 Å². The first-order chi connectivity index (χ1) is 17.0. The molecule has 1 unspecified atom stereocenters. The van der Waals surface area contributed by atoms with E-state index in [1.54, 1.807) is 30.6 Å². The van der Waals surface area contributed by atoms with Crippen molar-refractivity contribution in [2.45, 2.75) is 25.4 Å². The van der Waals surface area contributed by atoms with Crippen molar-refractivity contribution in [1.82, 2.24) is 24.6 Å². The number of rotatable bonds is 10. The van der Waals surface area contributed by atoms with Crippen LogP contribution >= 0.6 is 23.7 Å².